The van der Waals surface area contributed by atoms with Gasteiger partial charge < -0.3 is 10.0 Å². The standard InChI is InChI=1S/C16H25NO2S/c1-4-6-11-17(12-7-5-2)13-9-8-10-14(20-3)15(13)16(18)19/h8-10H,4-7,11-12H2,1-3H3,(H,18,19). The van der Waals surface area contributed by atoms with Gasteiger partial charge in [0.25, 0.3) is 0 Å². The zero-order valence-electron chi connectivity index (χ0n) is 12.7. The smallest absolute Gasteiger partial charge is 0.338 e. The summed E-state index contributed by atoms with van der Waals surface area (Å²) in [5, 5.41) is 9.54. The third kappa shape index (κ3) is 4.44. The van der Waals surface area contributed by atoms with Gasteiger partial charge in [0.15, 0.2) is 0 Å². The van der Waals surface area contributed by atoms with Gasteiger partial charge >= 0.3 is 5.97 Å². The third-order valence-corrected chi connectivity index (χ3v) is 4.12. The molecule has 0 aromatic heterocycles. The van der Waals surface area contributed by atoms with Gasteiger partial charge in [-0.3, -0.25) is 0 Å². The van der Waals surface area contributed by atoms with Crippen molar-refractivity contribution in [1.82, 2.24) is 0 Å². The summed E-state index contributed by atoms with van der Waals surface area (Å²) >= 11 is 1.50. The Kier molecular flexibility index (Phi) is 7.52. The van der Waals surface area contributed by atoms with Gasteiger partial charge in [0, 0.05) is 18.0 Å². The van der Waals surface area contributed by atoms with Crippen LogP contribution in [0.1, 0.15) is 49.9 Å². The van der Waals surface area contributed by atoms with Gasteiger partial charge in [-0.25, -0.2) is 4.79 Å². The van der Waals surface area contributed by atoms with Gasteiger partial charge in [0.2, 0.25) is 0 Å². The Bertz CT molecular complexity index is 426. The molecule has 0 amide bonds. The average Bonchev–Trinajstić information content (AvgIpc) is 2.46. The predicted octanol–water partition coefficient (Wildman–Crippen LogP) is 4.51. The van der Waals surface area contributed by atoms with E-state index < -0.39 is 5.97 Å². The summed E-state index contributed by atoms with van der Waals surface area (Å²) in [4.78, 5) is 14.7. The van der Waals surface area contributed by atoms with E-state index in [1.807, 2.05) is 24.5 Å². The minimum Gasteiger partial charge on any atom is -0.478 e. The number of anilines is 1. The predicted molar refractivity (Wildman–Crippen MR) is 87.2 cm³/mol. The van der Waals surface area contributed by atoms with E-state index in [9.17, 15) is 9.90 Å². The lowest BCUT2D eigenvalue weighted by Gasteiger charge is -2.27. The van der Waals surface area contributed by atoms with Crippen LogP contribution >= 0.6 is 11.8 Å². The van der Waals surface area contributed by atoms with Crippen LogP contribution in [0.25, 0.3) is 0 Å². The highest BCUT2D eigenvalue weighted by Gasteiger charge is 2.19. The molecule has 0 fully saturated rings. The van der Waals surface area contributed by atoms with Crippen LogP contribution in [0.5, 0.6) is 0 Å². The third-order valence-electron chi connectivity index (χ3n) is 3.34. The molecule has 1 N–H and O–H groups in total. The molecule has 4 heteroatoms. The molecule has 0 bridgehead atoms. The van der Waals surface area contributed by atoms with Crippen molar-refractivity contribution in [3.8, 4) is 0 Å². The molecule has 1 aromatic carbocycles. The number of carboxylic acids is 1. The molecule has 0 aliphatic heterocycles. The Balaban J connectivity index is 3.13. The summed E-state index contributed by atoms with van der Waals surface area (Å²) in [7, 11) is 0. The summed E-state index contributed by atoms with van der Waals surface area (Å²) in [5.74, 6) is -0.831. The maximum absolute atomic E-state index is 11.6. The summed E-state index contributed by atoms with van der Waals surface area (Å²) in [6.45, 7) is 6.17. The first-order chi connectivity index (χ1) is 9.65. The Morgan fingerprint density at radius 3 is 2.25 bits per heavy atom. The van der Waals surface area contributed by atoms with Gasteiger partial charge in [-0.15, -0.1) is 11.8 Å². The quantitative estimate of drug-likeness (QED) is 0.680. The number of carboxylic acid groups (broad SMARTS) is 1. The minimum atomic E-state index is -0.831. The first-order valence-corrected chi connectivity index (χ1v) is 8.53. The highest BCUT2D eigenvalue weighted by Crippen LogP contribution is 2.30. The highest BCUT2D eigenvalue weighted by molar-refractivity contribution is 7.98. The van der Waals surface area contributed by atoms with Crippen LogP contribution < -0.4 is 4.90 Å². The normalized spacial score (nSPS) is 10.6. The number of nitrogens with zero attached hydrogens (tertiary/aromatic N) is 1. The molecule has 0 aliphatic carbocycles. The van der Waals surface area contributed by atoms with Crippen molar-refractivity contribution in [1.29, 1.82) is 0 Å². The molecule has 0 unspecified atom stereocenters. The lowest BCUT2D eigenvalue weighted by atomic mass is 10.1. The zero-order chi connectivity index (χ0) is 15.0. The van der Waals surface area contributed by atoms with Gasteiger partial charge in [-0.05, 0) is 31.2 Å². The van der Waals surface area contributed by atoms with Crippen LogP contribution in [0, 0.1) is 0 Å². The molecule has 0 aliphatic rings. The second kappa shape index (κ2) is 8.90. The molecule has 1 aromatic rings. The van der Waals surface area contributed by atoms with E-state index in [-0.39, 0.29) is 0 Å². The van der Waals surface area contributed by atoms with E-state index >= 15 is 0 Å². The number of aromatic carboxylic acids is 1. The molecule has 0 radical (unpaired) electrons. The van der Waals surface area contributed by atoms with Gasteiger partial charge in [0.1, 0.15) is 0 Å². The van der Waals surface area contributed by atoms with Crippen molar-refractivity contribution in [2.75, 3.05) is 24.2 Å². The maximum Gasteiger partial charge on any atom is 0.338 e. The monoisotopic (exact) mass is 295 g/mol. The molecule has 0 heterocycles. The number of thioether (sulfide) groups is 1. The van der Waals surface area contributed by atoms with Crippen LogP contribution in [0.2, 0.25) is 0 Å². The fraction of sp³-hybridized carbons (Fsp3) is 0.562. The topological polar surface area (TPSA) is 40.5 Å². The van der Waals surface area contributed by atoms with Gasteiger partial charge in [0.05, 0.1) is 11.3 Å². The summed E-state index contributed by atoms with van der Waals surface area (Å²) in [6.07, 6.45) is 6.34. The largest absolute Gasteiger partial charge is 0.478 e. The number of rotatable bonds is 9. The Morgan fingerprint density at radius 2 is 1.80 bits per heavy atom. The molecular weight excluding hydrogens is 270 g/mol. The molecule has 0 saturated heterocycles. The maximum atomic E-state index is 11.6. The van der Waals surface area contributed by atoms with Crippen molar-refractivity contribution < 1.29 is 9.90 Å². The number of unbranched alkanes of at least 4 members (excludes halogenated alkanes) is 2. The second-order valence-corrected chi connectivity index (χ2v) is 5.70. The highest BCUT2D eigenvalue weighted by atomic mass is 32.2. The molecule has 20 heavy (non-hydrogen) atoms. The van der Waals surface area contributed by atoms with E-state index in [4.69, 9.17) is 0 Å². The van der Waals surface area contributed by atoms with Crippen molar-refractivity contribution >= 4 is 23.4 Å². The molecular formula is C16H25NO2S. The molecule has 3 nitrogen and oxygen atoms in total. The number of hydrogen-bond donors (Lipinski definition) is 1. The van der Waals surface area contributed by atoms with E-state index in [0.717, 1.165) is 49.4 Å². The molecule has 0 spiro atoms. The molecule has 0 atom stereocenters. The second-order valence-electron chi connectivity index (χ2n) is 4.85. The van der Waals surface area contributed by atoms with Crippen LogP contribution in [-0.2, 0) is 0 Å². The number of hydrogen-bond acceptors (Lipinski definition) is 3. The van der Waals surface area contributed by atoms with Crippen LogP contribution in [0.15, 0.2) is 23.1 Å². The summed E-state index contributed by atoms with van der Waals surface area (Å²) in [6, 6.07) is 5.78. The number of benzene rings is 1. The number of carbonyl (C=O) groups is 1. The van der Waals surface area contributed by atoms with E-state index in [0.29, 0.717) is 5.56 Å². The van der Waals surface area contributed by atoms with E-state index in [1.54, 1.807) is 0 Å². The van der Waals surface area contributed by atoms with Crippen molar-refractivity contribution in [3.63, 3.8) is 0 Å². The average molecular weight is 295 g/mol. The van der Waals surface area contributed by atoms with Crippen LogP contribution in [-0.4, -0.2) is 30.4 Å². The van der Waals surface area contributed by atoms with Crippen LogP contribution in [0.3, 0.4) is 0 Å². The van der Waals surface area contributed by atoms with Crippen molar-refractivity contribution in [2.45, 2.75) is 44.4 Å². The fourth-order valence-corrected chi connectivity index (χ4v) is 2.83. The first-order valence-electron chi connectivity index (χ1n) is 7.30. The molecule has 112 valence electrons. The molecule has 0 saturated carbocycles. The summed E-state index contributed by atoms with van der Waals surface area (Å²) in [5.41, 5.74) is 1.32. The fourth-order valence-electron chi connectivity index (χ4n) is 2.22. The first kappa shape index (κ1) is 16.9. The van der Waals surface area contributed by atoms with E-state index in [2.05, 4.69) is 18.7 Å². The van der Waals surface area contributed by atoms with E-state index in [1.165, 1.54) is 11.8 Å². The SMILES string of the molecule is CCCCN(CCCC)c1cccc(SC)c1C(=O)O. The van der Waals surface area contributed by atoms with Crippen molar-refractivity contribution in [2.24, 2.45) is 0 Å². The van der Waals surface area contributed by atoms with Crippen molar-refractivity contribution in [3.05, 3.63) is 23.8 Å². The molecule has 1 rings (SSSR count). The van der Waals surface area contributed by atoms with Crippen LogP contribution in [0.4, 0.5) is 5.69 Å². The Hall–Kier alpha value is -1.16. The minimum absolute atomic E-state index is 0.451. The Labute approximate surface area is 126 Å². The Morgan fingerprint density at radius 1 is 1.20 bits per heavy atom. The van der Waals surface area contributed by atoms with Gasteiger partial charge in [-0.2, -0.15) is 0 Å². The lowest BCUT2D eigenvalue weighted by molar-refractivity contribution is 0.0694. The van der Waals surface area contributed by atoms with Gasteiger partial charge in [-0.1, -0.05) is 32.8 Å². The zero-order valence-corrected chi connectivity index (χ0v) is 13.5. The lowest BCUT2D eigenvalue weighted by Crippen LogP contribution is -2.27. The summed E-state index contributed by atoms with van der Waals surface area (Å²) < 4.78 is 0.